The topological polar surface area (TPSA) is 35.5 Å². The summed E-state index contributed by atoms with van der Waals surface area (Å²) in [7, 11) is 0. The van der Waals surface area contributed by atoms with Gasteiger partial charge in [-0.2, -0.15) is 0 Å². The molecule has 1 rings (SSSR count). The quantitative estimate of drug-likeness (QED) is 0.412. The van der Waals surface area contributed by atoms with Crippen LogP contribution in [0.15, 0.2) is 43.5 Å². The molecule has 0 bridgehead atoms. The van der Waals surface area contributed by atoms with Gasteiger partial charge in [0.05, 0.1) is 13.2 Å². The monoisotopic (exact) mass is 232 g/mol. The summed E-state index contributed by atoms with van der Waals surface area (Å²) in [5.41, 5.74) is 2.15. The Labute approximate surface area is 101 Å². The lowest BCUT2D eigenvalue weighted by Gasteiger charge is -2.05. The summed E-state index contributed by atoms with van der Waals surface area (Å²) in [6.07, 6.45) is 2.92. The fourth-order valence-electron chi connectivity index (χ4n) is 1.20. The molecule has 1 aromatic carbocycles. The van der Waals surface area contributed by atoms with E-state index in [1.54, 1.807) is 6.08 Å². The second-order valence-electron chi connectivity index (χ2n) is 3.37. The SMILES string of the molecule is C=CC(=O)OCCOCc1ccc(C=C)cc1. The minimum Gasteiger partial charge on any atom is -0.460 e. The van der Waals surface area contributed by atoms with Crippen molar-refractivity contribution in [1.29, 1.82) is 0 Å². The van der Waals surface area contributed by atoms with Gasteiger partial charge >= 0.3 is 5.97 Å². The maximum Gasteiger partial charge on any atom is 0.330 e. The van der Waals surface area contributed by atoms with E-state index in [1.807, 2.05) is 24.3 Å². The normalized spacial score (nSPS) is 9.65. The molecule has 0 aliphatic rings. The highest BCUT2D eigenvalue weighted by atomic mass is 16.6. The van der Waals surface area contributed by atoms with Gasteiger partial charge in [0.25, 0.3) is 0 Å². The van der Waals surface area contributed by atoms with Crippen molar-refractivity contribution >= 4 is 12.0 Å². The molecule has 0 heterocycles. The van der Waals surface area contributed by atoms with Crippen molar-refractivity contribution < 1.29 is 14.3 Å². The molecule has 0 aromatic heterocycles. The number of hydrogen-bond donors (Lipinski definition) is 0. The third-order valence-electron chi connectivity index (χ3n) is 2.12. The minimum atomic E-state index is -0.427. The maximum atomic E-state index is 10.7. The molecule has 0 aliphatic heterocycles. The first kappa shape index (κ1) is 13.2. The fraction of sp³-hybridized carbons (Fsp3) is 0.214. The Morgan fingerprint density at radius 1 is 1.18 bits per heavy atom. The van der Waals surface area contributed by atoms with Crippen LogP contribution in [-0.2, 0) is 20.9 Å². The lowest BCUT2D eigenvalue weighted by molar-refractivity contribution is -0.139. The fourth-order valence-corrected chi connectivity index (χ4v) is 1.20. The van der Waals surface area contributed by atoms with Crippen LogP contribution in [0.2, 0.25) is 0 Å². The van der Waals surface area contributed by atoms with Gasteiger partial charge in [0.15, 0.2) is 0 Å². The van der Waals surface area contributed by atoms with Gasteiger partial charge in [-0.05, 0) is 11.1 Å². The van der Waals surface area contributed by atoms with Crippen LogP contribution in [-0.4, -0.2) is 19.2 Å². The molecule has 0 aliphatic carbocycles. The van der Waals surface area contributed by atoms with Crippen LogP contribution in [0.5, 0.6) is 0 Å². The molecule has 0 atom stereocenters. The molecule has 3 nitrogen and oxygen atoms in total. The van der Waals surface area contributed by atoms with Crippen LogP contribution in [0.25, 0.3) is 6.08 Å². The highest BCUT2D eigenvalue weighted by Crippen LogP contribution is 2.06. The van der Waals surface area contributed by atoms with Gasteiger partial charge in [0.1, 0.15) is 6.61 Å². The molecule has 0 unspecified atom stereocenters. The predicted molar refractivity (Wildman–Crippen MR) is 67.3 cm³/mol. The number of carbonyl (C=O) groups excluding carboxylic acids is 1. The molecular weight excluding hydrogens is 216 g/mol. The second-order valence-corrected chi connectivity index (χ2v) is 3.37. The van der Waals surface area contributed by atoms with Crippen LogP contribution in [0.4, 0.5) is 0 Å². The predicted octanol–water partition coefficient (Wildman–Crippen LogP) is 2.58. The summed E-state index contributed by atoms with van der Waals surface area (Å²) in [6, 6.07) is 7.91. The number of hydrogen-bond acceptors (Lipinski definition) is 3. The van der Waals surface area contributed by atoms with Crippen LogP contribution in [0, 0.1) is 0 Å². The van der Waals surface area contributed by atoms with Crippen molar-refractivity contribution in [2.24, 2.45) is 0 Å². The van der Waals surface area contributed by atoms with Crippen molar-refractivity contribution in [3.05, 3.63) is 54.6 Å². The molecule has 0 saturated heterocycles. The zero-order chi connectivity index (χ0) is 12.5. The Morgan fingerprint density at radius 2 is 1.88 bits per heavy atom. The largest absolute Gasteiger partial charge is 0.460 e. The summed E-state index contributed by atoms with van der Waals surface area (Å²) >= 11 is 0. The summed E-state index contributed by atoms with van der Waals surface area (Å²) in [5.74, 6) is -0.427. The number of benzene rings is 1. The summed E-state index contributed by atoms with van der Waals surface area (Å²) < 4.78 is 10.1. The van der Waals surface area contributed by atoms with E-state index in [0.717, 1.165) is 17.2 Å². The Hall–Kier alpha value is -1.87. The molecule has 90 valence electrons. The molecular formula is C14H16O3. The standard InChI is InChI=1S/C14H16O3/c1-3-12-5-7-13(8-6-12)11-16-9-10-17-14(15)4-2/h3-8H,1-2,9-11H2. The van der Waals surface area contributed by atoms with Crippen LogP contribution < -0.4 is 0 Å². The van der Waals surface area contributed by atoms with Gasteiger partial charge in [-0.3, -0.25) is 0 Å². The molecule has 1 aromatic rings. The number of carbonyl (C=O) groups is 1. The lowest BCUT2D eigenvalue weighted by Crippen LogP contribution is -2.08. The number of ether oxygens (including phenoxy) is 2. The van der Waals surface area contributed by atoms with Crippen molar-refractivity contribution in [3.63, 3.8) is 0 Å². The summed E-state index contributed by atoms with van der Waals surface area (Å²) in [5, 5.41) is 0. The van der Waals surface area contributed by atoms with Gasteiger partial charge in [-0.25, -0.2) is 4.79 Å². The van der Waals surface area contributed by atoms with E-state index in [2.05, 4.69) is 13.2 Å². The minimum absolute atomic E-state index is 0.246. The highest BCUT2D eigenvalue weighted by Gasteiger charge is 1.96. The summed E-state index contributed by atoms with van der Waals surface area (Å²) in [6.45, 7) is 8.11. The average Bonchev–Trinajstić information content (AvgIpc) is 2.38. The van der Waals surface area contributed by atoms with Gasteiger partial charge in [0, 0.05) is 6.08 Å². The van der Waals surface area contributed by atoms with Crippen LogP contribution in [0.3, 0.4) is 0 Å². The molecule has 0 N–H and O–H groups in total. The Bertz CT molecular complexity index is 379. The number of esters is 1. The van der Waals surface area contributed by atoms with E-state index in [0.29, 0.717) is 13.2 Å². The molecule has 0 radical (unpaired) electrons. The number of rotatable bonds is 7. The highest BCUT2D eigenvalue weighted by molar-refractivity contribution is 5.81. The molecule has 0 fully saturated rings. The van der Waals surface area contributed by atoms with Crippen molar-refractivity contribution in [2.45, 2.75) is 6.61 Å². The van der Waals surface area contributed by atoms with E-state index in [4.69, 9.17) is 9.47 Å². The Kier molecular flexibility index (Phi) is 5.75. The van der Waals surface area contributed by atoms with Gasteiger partial charge < -0.3 is 9.47 Å². The van der Waals surface area contributed by atoms with Crippen molar-refractivity contribution in [3.8, 4) is 0 Å². The third kappa shape index (κ3) is 5.13. The molecule has 0 amide bonds. The van der Waals surface area contributed by atoms with Gasteiger partial charge in [-0.1, -0.05) is 43.5 Å². The van der Waals surface area contributed by atoms with E-state index in [-0.39, 0.29) is 6.61 Å². The average molecular weight is 232 g/mol. The second kappa shape index (κ2) is 7.41. The van der Waals surface area contributed by atoms with E-state index >= 15 is 0 Å². The van der Waals surface area contributed by atoms with Crippen molar-refractivity contribution in [1.82, 2.24) is 0 Å². The first-order valence-corrected chi connectivity index (χ1v) is 5.34. The first-order valence-electron chi connectivity index (χ1n) is 5.34. The maximum absolute atomic E-state index is 10.7. The van der Waals surface area contributed by atoms with Crippen LogP contribution >= 0.6 is 0 Å². The first-order chi connectivity index (χ1) is 8.26. The molecule has 17 heavy (non-hydrogen) atoms. The van der Waals surface area contributed by atoms with Crippen LogP contribution in [0.1, 0.15) is 11.1 Å². The summed E-state index contributed by atoms with van der Waals surface area (Å²) in [4.78, 5) is 10.7. The van der Waals surface area contributed by atoms with Gasteiger partial charge in [-0.15, -0.1) is 0 Å². The zero-order valence-electron chi connectivity index (χ0n) is 9.72. The molecule has 0 spiro atoms. The lowest BCUT2D eigenvalue weighted by atomic mass is 10.1. The Morgan fingerprint density at radius 3 is 2.47 bits per heavy atom. The smallest absolute Gasteiger partial charge is 0.330 e. The Balaban J connectivity index is 2.19. The third-order valence-corrected chi connectivity index (χ3v) is 2.12. The zero-order valence-corrected chi connectivity index (χ0v) is 9.72. The molecule has 3 heteroatoms. The van der Waals surface area contributed by atoms with E-state index in [1.165, 1.54) is 0 Å². The van der Waals surface area contributed by atoms with E-state index in [9.17, 15) is 4.79 Å². The van der Waals surface area contributed by atoms with E-state index < -0.39 is 5.97 Å². The van der Waals surface area contributed by atoms with Gasteiger partial charge in [0.2, 0.25) is 0 Å². The van der Waals surface area contributed by atoms with Crippen molar-refractivity contribution in [2.75, 3.05) is 13.2 Å². The molecule has 0 saturated carbocycles.